The molecular weight excluding hydrogens is 392 g/mol. The predicted molar refractivity (Wildman–Crippen MR) is 110 cm³/mol. The van der Waals surface area contributed by atoms with Crippen molar-refractivity contribution in [1.82, 2.24) is 0 Å². The van der Waals surface area contributed by atoms with Crippen LogP contribution in [0.25, 0.3) is 0 Å². The van der Waals surface area contributed by atoms with Crippen LogP contribution in [0.15, 0.2) is 47.4 Å². The van der Waals surface area contributed by atoms with Crippen LogP contribution in [0.4, 0.5) is 0 Å². The first-order valence-corrected chi connectivity index (χ1v) is 9.81. The van der Waals surface area contributed by atoms with E-state index in [1.807, 2.05) is 35.7 Å². The second-order valence-electron chi connectivity index (χ2n) is 6.04. The summed E-state index contributed by atoms with van der Waals surface area (Å²) in [5, 5.41) is 10.9. The highest BCUT2D eigenvalue weighted by Gasteiger charge is 2.16. The first kappa shape index (κ1) is 22.4. The summed E-state index contributed by atoms with van der Waals surface area (Å²) in [4.78, 5) is 12.6. The van der Waals surface area contributed by atoms with Crippen molar-refractivity contribution in [2.45, 2.75) is 30.4 Å². The molecule has 7 nitrogen and oxygen atoms in total. The number of esters is 1. The topological polar surface area (TPSA) is 104 Å². The Balaban J connectivity index is 1.80. The van der Waals surface area contributed by atoms with Crippen molar-refractivity contribution < 1.29 is 23.7 Å². The van der Waals surface area contributed by atoms with Gasteiger partial charge in [-0.3, -0.25) is 4.79 Å². The molecule has 29 heavy (non-hydrogen) atoms. The van der Waals surface area contributed by atoms with Gasteiger partial charge < -0.3 is 24.7 Å². The number of nitrogens with zero attached hydrogens (tertiary/aromatic N) is 1. The number of nitriles is 1. The first-order chi connectivity index (χ1) is 14.1. The van der Waals surface area contributed by atoms with Crippen molar-refractivity contribution in [3.05, 3.63) is 48.0 Å². The fraction of sp³-hybridized carbons (Fsp3) is 0.333. The minimum absolute atomic E-state index is 0.205. The van der Waals surface area contributed by atoms with Gasteiger partial charge in [-0.05, 0) is 30.2 Å². The molecule has 0 spiro atoms. The Hall–Kier alpha value is -2.89. The van der Waals surface area contributed by atoms with Crippen LogP contribution >= 0.6 is 11.8 Å². The van der Waals surface area contributed by atoms with Crippen LogP contribution in [-0.2, 0) is 16.1 Å². The SMILES string of the molecule is COc1cc(OCCC[C@H](N)C(=O)OCc2ccccc2)cc(OC)c1SC#N. The van der Waals surface area contributed by atoms with Gasteiger partial charge in [-0.25, -0.2) is 0 Å². The summed E-state index contributed by atoms with van der Waals surface area (Å²) in [7, 11) is 3.03. The fourth-order valence-electron chi connectivity index (χ4n) is 2.53. The summed E-state index contributed by atoms with van der Waals surface area (Å²) in [6.07, 6.45) is 1.01. The second-order valence-corrected chi connectivity index (χ2v) is 6.84. The largest absolute Gasteiger partial charge is 0.495 e. The number of hydrogen-bond acceptors (Lipinski definition) is 8. The second kappa shape index (κ2) is 11.8. The van der Waals surface area contributed by atoms with Gasteiger partial charge in [0.2, 0.25) is 0 Å². The van der Waals surface area contributed by atoms with Crippen molar-refractivity contribution in [3.63, 3.8) is 0 Å². The summed E-state index contributed by atoms with van der Waals surface area (Å²) in [5.74, 6) is 1.09. The minimum Gasteiger partial charge on any atom is -0.495 e. The number of benzene rings is 2. The molecule has 0 radical (unpaired) electrons. The molecule has 0 saturated heterocycles. The summed E-state index contributed by atoms with van der Waals surface area (Å²) in [5.41, 5.74) is 6.82. The third-order valence-electron chi connectivity index (χ3n) is 4.04. The molecule has 0 amide bonds. The molecule has 0 unspecified atom stereocenters. The summed E-state index contributed by atoms with van der Waals surface area (Å²) >= 11 is 0.957. The number of methoxy groups -OCH3 is 2. The van der Waals surface area contributed by atoms with Crippen LogP contribution < -0.4 is 19.9 Å². The van der Waals surface area contributed by atoms with Gasteiger partial charge in [0.15, 0.2) is 0 Å². The lowest BCUT2D eigenvalue weighted by Gasteiger charge is -2.14. The predicted octanol–water partition coefficient (Wildman–Crippen LogP) is 3.51. The zero-order valence-corrected chi connectivity index (χ0v) is 17.2. The maximum absolute atomic E-state index is 12.0. The molecule has 0 bridgehead atoms. The number of ether oxygens (including phenoxy) is 4. The highest BCUT2D eigenvalue weighted by atomic mass is 32.2. The van der Waals surface area contributed by atoms with E-state index in [2.05, 4.69) is 0 Å². The van der Waals surface area contributed by atoms with E-state index in [-0.39, 0.29) is 6.61 Å². The number of thioether (sulfide) groups is 1. The highest BCUT2D eigenvalue weighted by molar-refractivity contribution is 8.04. The molecule has 8 heteroatoms. The molecule has 1 atom stereocenters. The molecule has 0 aliphatic carbocycles. The van der Waals surface area contributed by atoms with E-state index in [0.29, 0.717) is 41.6 Å². The molecule has 0 saturated carbocycles. The summed E-state index contributed by atoms with van der Waals surface area (Å²) in [6, 6.07) is 12.1. The Morgan fingerprint density at radius 1 is 1.17 bits per heavy atom. The summed E-state index contributed by atoms with van der Waals surface area (Å²) < 4.78 is 21.6. The fourth-order valence-corrected chi connectivity index (χ4v) is 3.11. The van der Waals surface area contributed by atoms with E-state index in [1.54, 1.807) is 12.1 Å². The van der Waals surface area contributed by atoms with Gasteiger partial charge in [0, 0.05) is 12.1 Å². The first-order valence-electron chi connectivity index (χ1n) is 9.00. The number of carbonyl (C=O) groups excluding carboxylic acids is 1. The number of thiocyanates is 1. The average Bonchev–Trinajstić information content (AvgIpc) is 2.76. The van der Waals surface area contributed by atoms with Crippen LogP contribution in [-0.4, -0.2) is 32.8 Å². The maximum atomic E-state index is 12.0. The van der Waals surface area contributed by atoms with E-state index in [1.165, 1.54) is 14.2 Å². The molecule has 0 aromatic heterocycles. The van der Waals surface area contributed by atoms with Crippen molar-refractivity contribution >= 4 is 17.7 Å². The van der Waals surface area contributed by atoms with E-state index >= 15 is 0 Å². The lowest BCUT2D eigenvalue weighted by molar-refractivity contribution is -0.146. The molecule has 2 rings (SSSR count). The lowest BCUT2D eigenvalue weighted by atomic mass is 10.2. The van der Waals surface area contributed by atoms with Gasteiger partial charge in [-0.15, -0.1) is 0 Å². The smallest absolute Gasteiger partial charge is 0.323 e. The zero-order valence-electron chi connectivity index (χ0n) is 16.4. The molecule has 0 fully saturated rings. The van der Waals surface area contributed by atoms with E-state index in [4.69, 9.17) is 29.9 Å². The minimum atomic E-state index is -0.708. The van der Waals surface area contributed by atoms with Gasteiger partial charge in [-0.1, -0.05) is 30.3 Å². The monoisotopic (exact) mass is 416 g/mol. The molecule has 154 valence electrons. The standard InChI is InChI=1S/C21H24N2O5S/c1-25-18-11-16(12-19(26-2)20(18)29-14-22)27-10-6-9-17(23)21(24)28-13-15-7-4-3-5-8-15/h3-5,7-8,11-12,17H,6,9-10,13,23H2,1-2H3/t17-/m0/s1. The Morgan fingerprint density at radius 3 is 2.41 bits per heavy atom. The van der Waals surface area contributed by atoms with Gasteiger partial charge >= 0.3 is 5.97 Å². The van der Waals surface area contributed by atoms with E-state index in [9.17, 15) is 4.79 Å². The summed E-state index contributed by atoms with van der Waals surface area (Å²) in [6.45, 7) is 0.563. The Labute approximate surface area is 174 Å². The number of carbonyl (C=O) groups is 1. The third-order valence-corrected chi connectivity index (χ3v) is 4.73. The van der Waals surface area contributed by atoms with Crippen LogP contribution in [0.5, 0.6) is 17.2 Å². The van der Waals surface area contributed by atoms with Crippen LogP contribution in [0.3, 0.4) is 0 Å². The molecule has 0 aliphatic heterocycles. The Morgan fingerprint density at radius 2 is 1.83 bits per heavy atom. The Bertz CT molecular complexity index is 814. The van der Waals surface area contributed by atoms with Crippen molar-refractivity contribution in [2.75, 3.05) is 20.8 Å². The number of nitrogens with two attached hydrogens (primary N) is 1. The van der Waals surface area contributed by atoms with Crippen molar-refractivity contribution in [1.29, 1.82) is 5.26 Å². The van der Waals surface area contributed by atoms with Crippen LogP contribution in [0, 0.1) is 10.7 Å². The van der Waals surface area contributed by atoms with Crippen molar-refractivity contribution in [3.8, 4) is 22.6 Å². The molecular formula is C21H24N2O5S. The van der Waals surface area contributed by atoms with Crippen molar-refractivity contribution in [2.24, 2.45) is 5.73 Å². The third kappa shape index (κ3) is 6.89. The van der Waals surface area contributed by atoms with E-state index < -0.39 is 12.0 Å². The normalized spacial score (nSPS) is 11.2. The Kier molecular flexibility index (Phi) is 9.15. The lowest BCUT2D eigenvalue weighted by Crippen LogP contribution is -2.32. The molecule has 2 N–H and O–H groups in total. The van der Waals surface area contributed by atoms with Gasteiger partial charge in [0.05, 0.1) is 20.8 Å². The molecule has 2 aromatic rings. The molecule has 0 heterocycles. The number of hydrogen-bond donors (Lipinski definition) is 1. The van der Waals surface area contributed by atoms with Gasteiger partial charge in [-0.2, -0.15) is 5.26 Å². The average molecular weight is 416 g/mol. The molecule has 2 aromatic carbocycles. The van der Waals surface area contributed by atoms with Crippen LogP contribution in [0.1, 0.15) is 18.4 Å². The quantitative estimate of drug-likeness (QED) is 0.257. The van der Waals surface area contributed by atoms with Crippen LogP contribution in [0.2, 0.25) is 0 Å². The number of rotatable bonds is 11. The zero-order chi connectivity index (χ0) is 21.1. The molecule has 0 aliphatic rings. The highest BCUT2D eigenvalue weighted by Crippen LogP contribution is 2.40. The maximum Gasteiger partial charge on any atom is 0.323 e. The van der Waals surface area contributed by atoms with E-state index in [0.717, 1.165) is 17.3 Å². The van der Waals surface area contributed by atoms with Gasteiger partial charge in [0.1, 0.15) is 40.2 Å². The van der Waals surface area contributed by atoms with Gasteiger partial charge in [0.25, 0.3) is 0 Å².